The standard InChI is InChI=1S/C19H18O/c1-12-11-19(2)16(9-10-17(19)20)15-8-7-13-5-3-4-6-14(13)18(12)15/h3-8,16H,1,9-11H2,2H3/t16-,19-/m0/s1. The first-order chi connectivity index (χ1) is 9.61. The zero-order valence-electron chi connectivity index (χ0n) is 11.8. The number of Topliss-reactive ketones (excluding diaryl/α,β-unsaturated/α-hetero) is 1. The normalized spacial score (nSPS) is 28.6. The Morgan fingerprint density at radius 3 is 2.85 bits per heavy atom. The van der Waals surface area contributed by atoms with E-state index in [-0.39, 0.29) is 5.41 Å². The summed E-state index contributed by atoms with van der Waals surface area (Å²) in [6.07, 6.45) is 2.53. The molecule has 2 aliphatic carbocycles. The Bertz CT molecular complexity index is 755. The molecular weight excluding hydrogens is 244 g/mol. The second-order valence-corrected chi connectivity index (χ2v) is 6.46. The van der Waals surface area contributed by atoms with Crippen molar-refractivity contribution in [3.8, 4) is 0 Å². The summed E-state index contributed by atoms with van der Waals surface area (Å²) in [6, 6.07) is 12.9. The Morgan fingerprint density at radius 2 is 2.00 bits per heavy atom. The highest BCUT2D eigenvalue weighted by molar-refractivity contribution is 5.99. The molecule has 2 aromatic carbocycles. The van der Waals surface area contributed by atoms with Crippen molar-refractivity contribution in [2.45, 2.75) is 32.1 Å². The molecule has 100 valence electrons. The molecule has 0 radical (unpaired) electrons. The molecule has 4 rings (SSSR count). The summed E-state index contributed by atoms with van der Waals surface area (Å²) in [7, 11) is 0. The van der Waals surface area contributed by atoms with Gasteiger partial charge in [-0.25, -0.2) is 0 Å². The van der Waals surface area contributed by atoms with Gasteiger partial charge in [-0.1, -0.05) is 49.9 Å². The number of carbonyl (C=O) groups excluding carboxylic acids is 1. The maximum Gasteiger partial charge on any atom is 0.139 e. The number of hydrogen-bond donors (Lipinski definition) is 0. The predicted octanol–water partition coefficient (Wildman–Crippen LogP) is 4.71. The largest absolute Gasteiger partial charge is 0.299 e. The minimum Gasteiger partial charge on any atom is -0.299 e. The van der Waals surface area contributed by atoms with Crippen LogP contribution in [0.25, 0.3) is 16.3 Å². The molecule has 1 fully saturated rings. The molecule has 1 heteroatoms. The van der Waals surface area contributed by atoms with Gasteiger partial charge in [0.05, 0.1) is 0 Å². The maximum atomic E-state index is 12.3. The zero-order chi connectivity index (χ0) is 13.9. The van der Waals surface area contributed by atoms with Crippen molar-refractivity contribution in [1.82, 2.24) is 0 Å². The van der Waals surface area contributed by atoms with E-state index < -0.39 is 0 Å². The van der Waals surface area contributed by atoms with Crippen LogP contribution < -0.4 is 0 Å². The summed E-state index contributed by atoms with van der Waals surface area (Å²) >= 11 is 0. The molecule has 0 amide bonds. The van der Waals surface area contributed by atoms with Gasteiger partial charge in [-0.3, -0.25) is 4.79 Å². The van der Waals surface area contributed by atoms with Crippen LogP contribution in [0.5, 0.6) is 0 Å². The van der Waals surface area contributed by atoms with Crippen molar-refractivity contribution in [2.24, 2.45) is 5.41 Å². The van der Waals surface area contributed by atoms with Gasteiger partial charge in [0.2, 0.25) is 0 Å². The van der Waals surface area contributed by atoms with Crippen LogP contribution in [0, 0.1) is 5.41 Å². The van der Waals surface area contributed by atoms with Crippen LogP contribution in [0.1, 0.15) is 43.2 Å². The van der Waals surface area contributed by atoms with Crippen LogP contribution in [0.3, 0.4) is 0 Å². The first kappa shape index (κ1) is 11.9. The first-order valence-electron chi connectivity index (χ1n) is 7.34. The summed E-state index contributed by atoms with van der Waals surface area (Å²) in [6.45, 7) is 6.43. The molecule has 0 aromatic heterocycles. The Kier molecular flexibility index (Phi) is 2.27. The minimum absolute atomic E-state index is 0.216. The fourth-order valence-electron chi connectivity index (χ4n) is 4.30. The lowest BCUT2D eigenvalue weighted by Crippen LogP contribution is -2.31. The van der Waals surface area contributed by atoms with Gasteiger partial charge in [0.25, 0.3) is 0 Å². The third-order valence-electron chi connectivity index (χ3n) is 5.34. The summed E-state index contributed by atoms with van der Waals surface area (Å²) in [5.74, 6) is 0.794. The van der Waals surface area contributed by atoms with Gasteiger partial charge >= 0.3 is 0 Å². The highest BCUT2D eigenvalue weighted by Crippen LogP contribution is 2.57. The number of rotatable bonds is 0. The van der Waals surface area contributed by atoms with Gasteiger partial charge in [0, 0.05) is 11.8 Å². The van der Waals surface area contributed by atoms with Crippen LogP contribution in [-0.4, -0.2) is 5.78 Å². The molecule has 0 bridgehead atoms. The summed E-state index contributed by atoms with van der Waals surface area (Å²) < 4.78 is 0. The van der Waals surface area contributed by atoms with Crippen LogP contribution in [0.2, 0.25) is 0 Å². The van der Waals surface area contributed by atoms with Crippen molar-refractivity contribution in [3.63, 3.8) is 0 Å². The molecule has 0 N–H and O–H groups in total. The lowest BCUT2D eigenvalue weighted by molar-refractivity contribution is -0.125. The predicted molar refractivity (Wildman–Crippen MR) is 82.7 cm³/mol. The molecule has 1 saturated carbocycles. The number of fused-ring (bicyclic) bond motifs is 5. The monoisotopic (exact) mass is 262 g/mol. The molecule has 0 spiro atoms. The van der Waals surface area contributed by atoms with Crippen molar-refractivity contribution < 1.29 is 4.79 Å². The summed E-state index contributed by atoms with van der Waals surface area (Å²) in [5, 5.41) is 2.55. The van der Waals surface area contributed by atoms with Gasteiger partial charge in [-0.2, -0.15) is 0 Å². The van der Waals surface area contributed by atoms with E-state index in [4.69, 9.17) is 0 Å². The molecule has 0 heterocycles. The number of allylic oxidation sites excluding steroid dienone is 1. The Morgan fingerprint density at radius 1 is 1.20 bits per heavy atom. The van der Waals surface area contributed by atoms with Crippen LogP contribution >= 0.6 is 0 Å². The summed E-state index contributed by atoms with van der Waals surface area (Å²) in [4.78, 5) is 12.3. The Balaban J connectivity index is 2.04. The second kappa shape index (κ2) is 3.82. The number of hydrogen-bond acceptors (Lipinski definition) is 1. The van der Waals surface area contributed by atoms with Crippen LogP contribution in [-0.2, 0) is 4.79 Å². The Hall–Kier alpha value is -1.89. The van der Waals surface area contributed by atoms with Gasteiger partial charge in [-0.05, 0) is 46.2 Å². The van der Waals surface area contributed by atoms with Gasteiger partial charge < -0.3 is 0 Å². The maximum absolute atomic E-state index is 12.3. The van der Waals surface area contributed by atoms with E-state index in [1.807, 2.05) is 0 Å². The van der Waals surface area contributed by atoms with E-state index >= 15 is 0 Å². The summed E-state index contributed by atoms with van der Waals surface area (Å²) in [5.41, 5.74) is 3.56. The molecule has 2 aromatic rings. The third kappa shape index (κ3) is 1.35. The fraction of sp³-hybridized carbons (Fsp3) is 0.316. The van der Waals surface area contributed by atoms with E-state index in [1.165, 1.54) is 21.9 Å². The highest BCUT2D eigenvalue weighted by atomic mass is 16.1. The minimum atomic E-state index is -0.216. The second-order valence-electron chi connectivity index (χ2n) is 6.46. The molecule has 0 saturated heterocycles. The van der Waals surface area contributed by atoms with Crippen molar-refractivity contribution in [3.05, 3.63) is 54.1 Å². The van der Waals surface area contributed by atoms with Crippen molar-refractivity contribution in [1.29, 1.82) is 0 Å². The smallest absolute Gasteiger partial charge is 0.139 e. The molecular formula is C19H18O. The first-order valence-corrected chi connectivity index (χ1v) is 7.34. The van der Waals surface area contributed by atoms with Crippen molar-refractivity contribution in [2.75, 3.05) is 0 Å². The Labute approximate surface area is 119 Å². The van der Waals surface area contributed by atoms with Gasteiger partial charge in [0.1, 0.15) is 5.78 Å². The SMILES string of the molecule is C=C1C[C@]2(C)C(=O)CC[C@H]2c2ccc3ccccc3c21. The molecule has 1 nitrogen and oxygen atoms in total. The fourth-order valence-corrected chi connectivity index (χ4v) is 4.30. The topological polar surface area (TPSA) is 17.1 Å². The highest BCUT2D eigenvalue weighted by Gasteiger charge is 2.50. The third-order valence-corrected chi connectivity index (χ3v) is 5.34. The van der Waals surface area contributed by atoms with E-state index in [0.29, 0.717) is 11.7 Å². The zero-order valence-corrected chi connectivity index (χ0v) is 11.8. The van der Waals surface area contributed by atoms with Crippen molar-refractivity contribution >= 4 is 22.1 Å². The van der Waals surface area contributed by atoms with E-state index in [2.05, 4.69) is 49.9 Å². The number of benzene rings is 2. The van der Waals surface area contributed by atoms with E-state index in [9.17, 15) is 4.79 Å². The molecule has 0 unspecified atom stereocenters. The van der Waals surface area contributed by atoms with Gasteiger partial charge in [-0.15, -0.1) is 0 Å². The van der Waals surface area contributed by atoms with E-state index in [0.717, 1.165) is 24.8 Å². The number of ketones is 1. The lowest BCUT2D eigenvalue weighted by atomic mass is 9.64. The molecule has 0 aliphatic heterocycles. The van der Waals surface area contributed by atoms with Crippen LogP contribution in [0.15, 0.2) is 43.0 Å². The average Bonchev–Trinajstić information content (AvgIpc) is 2.74. The molecule has 2 atom stereocenters. The number of carbonyl (C=O) groups is 1. The van der Waals surface area contributed by atoms with E-state index in [1.54, 1.807) is 0 Å². The quantitative estimate of drug-likeness (QED) is 0.672. The van der Waals surface area contributed by atoms with Crippen LogP contribution in [0.4, 0.5) is 0 Å². The van der Waals surface area contributed by atoms with Gasteiger partial charge in [0.15, 0.2) is 0 Å². The molecule has 20 heavy (non-hydrogen) atoms. The lowest BCUT2D eigenvalue weighted by Gasteiger charge is -2.38. The molecule has 2 aliphatic rings. The average molecular weight is 262 g/mol.